The molecule has 1 aliphatic rings. The third-order valence-electron chi connectivity index (χ3n) is 3.09. The van der Waals surface area contributed by atoms with Gasteiger partial charge in [-0.25, -0.2) is 4.98 Å². The smallest absolute Gasteiger partial charge is 0.289 e. The molecule has 0 spiro atoms. The fourth-order valence-electron chi connectivity index (χ4n) is 2.06. The average molecular weight is 262 g/mol. The van der Waals surface area contributed by atoms with Gasteiger partial charge in [0.15, 0.2) is 0 Å². The van der Waals surface area contributed by atoms with Crippen molar-refractivity contribution in [2.24, 2.45) is 0 Å². The maximum absolute atomic E-state index is 10.6. The topological polar surface area (TPSA) is 101 Å². The van der Waals surface area contributed by atoms with Gasteiger partial charge in [0, 0.05) is 12.7 Å². The first kappa shape index (κ1) is 13.2. The van der Waals surface area contributed by atoms with Gasteiger partial charge in [0.05, 0.1) is 17.1 Å². The third-order valence-corrected chi connectivity index (χ3v) is 3.09. The molecule has 1 aromatic rings. The predicted molar refractivity (Wildman–Crippen MR) is 67.7 cm³/mol. The van der Waals surface area contributed by atoms with E-state index in [9.17, 15) is 10.1 Å². The van der Waals surface area contributed by atoms with Crippen LogP contribution < -0.4 is 5.32 Å². The highest BCUT2D eigenvalue weighted by atomic mass is 16.6. The van der Waals surface area contributed by atoms with Crippen LogP contribution in [0.25, 0.3) is 0 Å². The van der Waals surface area contributed by atoms with E-state index in [0.29, 0.717) is 5.82 Å². The van der Waals surface area contributed by atoms with Crippen molar-refractivity contribution < 1.29 is 9.66 Å². The highest BCUT2D eigenvalue weighted by Gasteiger charge is 2.23. The zero-order valence-electron chi connectivity index (χ0n) is 10.5. The number of pyridine rings is 1. The average Bonchev–Trinajstić information content (AvgIpc) is 2.92. The lowest BCUT2D eigenvalue weighted by Gasteiger charge is -2.20. The first-order chi connectivity index (χ1) is 9.11. The number of hydrogen-bond acceptors (Lipinski definition) is 6. The maximum atomic E-state index is 10.6. The van der Waals surface area contributed by atoms with E-state index in [4.69, 9.17) is 10.00 Å². The second kappa shape index (κ2) is 5.63. The monoisotopic (exact) mass is 262 g/mol. The zero-order chi connectivity index (χ0) is 13.8. The second-order valence-electron chi connectivity index (χ2n) is 4.44. The van der Waals surface area contributed by atoms with Crippen LogP contribution in [0.15, 0.2) is 12.3 Å². The number of hydrogen-bond donors (Lipinski definition) is 1. The van der Waals surface area contributed by atoms with E-state index in [1.54, 1.807) is 0 Å². The number of rotatable bonds is 4. The molecule has 1 fully saturated rings. The van der Waals surface area contributed by atoms with Crippen LogP contribution in [-0.2, 0) is 4.74 Å². The van der Waals surface area contributed by atoms with Crippen LogP contribution in [0, 0.1) is 21.4 Å². The van der Waals surface area contributed by atoms with Crippen LogP contribution in [0.1, 0.15) is 25.3 Å². The quantitative estimate of drug-likeness (QED) is 0.656. The minimum atomic E-state index is -0.568. The van der Waals surface area contributed by atoms with Crippen LogP contribution in [0.4, 0.5) is 11.5 Å². The molecular weight excluding hydrogens is 248 g/mol. The molecule has 7 heteroatoms. The first-order valence-electron chi connectivity index (χ1n) is 6.04. The molecule has 0 saturated carbocycles. The SMILES string of the molecule is CC(Nc1ncc([N+](=O)[O-])cc1C#N)C1CCCO1. The van der Waals surface area contributed by atoms with Gasteiger partial charge in [-0.15, -0.1) is 0 Å². The second-order valence-corrected chi connectivity index (χ2v) is 4.44. The van der Waals surface area contributed by atoms with Crippen molar-refractivity contribution in [2.75, 3.05) is 11.9 Å². The van der Waals surface area contributed by atoms with Gasteiger partial charge >= 0.3 is 0 Å². The van der Waals surface area contributed by atoms with Gasteiger partial charge in [-0.1, -0.05) is 0 Å². The van der Waals surface area contributed by atoms with Crippen molar-refractivity contribution >= 4 is 11.5 Å². The van der Waals surface area contributed by atoms with Crippen molar-refractivity contribution in [1.29, 1.82) is 5.26 Å². The Hall–Kier alpha value is -2.20. The van der Waals surface area contributed by atoms with E-state index in [-0.39, 0.29) is 23.4 Å². The Morgan fingerprint density at radius 3 is 3.11 bits per heavy atom. The molecule has 7 nitrogen and oxygen atoms in total. The van der Waals surface area contributed by atoms with E-state index in [1.165, 1.54) is 6.07 Å². The highest BCUT2D eigenvalue weighted by molar-refractivity contribution is 5.56. The molecule has 2 unspecified atom stereocenters. The molecule has 2 heterocycles. The molecule has 2 atom stereocenters. The van der Waals surface area contributed by atoms with E-state index in [0.717, 1.165) is 25.6 Å². The molecule has 0 radical (unpaired) electrons. The Morgan fingerprint density at radius 2 is 2.53 bits per heavy atom. The van der Waals surface area contributed by atoms with Crippen LogP contribution in [-0.4, -0.2) is 28.7 Å². The van der Waals surface area contributed by atoms with E-state index in [1.807, 2.05) is 13.0 Å². The van der Waals surface area contributed by atoms with E-state index >= 15 is 0 Å². The van der Waals surface area contributed by atoms with Crippen molar-refractivity contribution in [2.45, 2.75) is 31.9 Å². The number of nitrogens with zero attached hydrogens (tertiary/aromatic N) is 3. The molecule has 0 aromatic carbocycles. The maximum Gasteiger partial charge on any atom is 0.289 e. The van der Waals surface area contributed by atoms with Crippen molar-refractivity contribution in [3.63, 3.8) is 0 Å². The minimum Gasteiger partial charge on any atom is -0.376 e. The van der Waals surface area contributed by atoms with Gasteiger partial charge in [0.25, 0.3) is 5.69 Å². The van der Waals surface area contributed by atoms with Gasteiger partial charge in [-0.3, -0.25) is 10.1 Å². The molecule has 100 valence electrons. The molecule has 1 saturated heterocycles. The largest absolute Gasteiger partial charge is 0.376 e. The number of anilines is 1. The number of nitro groups is 1. The molecule has 1 N–H and O–H groups in total. The highest BCUT2D eigenvalue weighted by Crippen LogP contribution is 2.22. The molecule has 0 amide bonds. The molecular formula is C12H14N4O3. The Bertz CT molecular complexity index is 520. The van der Waals surface area contributed by atoms with Gasteiger partial charge in [-0.05, 0) is 19.8 Å². The summed E-state index contributed by atoms with van der Waals surface area (Å²) >= 11 is 0. The number of aromatic nitrogens is 1. The van der Waals surface area contributed by atoms with Gasteiger partial charge in [0.1, 0.15) is 23.6 Å². The summed E-state index contributed by atoms with van der Waals surface area (Å²) in [5.74, 6) is 0.358. The summed E-state index contributed by atoms with van der Waals surface area (Å²) in [6, 6.07) is 3.14. The Balaban J connectivity index is 2.15. The lowest BCUT2D eigenvalue weighted by Crippen LogP contribution is -2.30. The standard InChI is InChI=1S/C12H14N4O3/c1-8(11-3-2-4-19-11)15-12-9(6-13)5-10(7-14-12)16(17)18/h5,7-8,11H,2-4H2,1H3,(H,14,15). The lowest BCUT2D eigenvalue weighted by molar-refractivity contribution is -0.385. The molecule has 1 aromatic heterocycles. The normalized spacial score (nSPS) is 19.7. The summed E-state index contributed by atoms with van der Waals surface area (Å²) in [7, 11) is 0. The zero-order valence-corrected chi connectivity index (χ0v) is 10.5. The molecule has 0 bridgehead atoms. The van der Waals surface area contributed by atoms with Gasteiger partial charge in [0.2, 0.25) is 0 Å². The summed E-state index contributed by atoms with van der Waals surface area (Å²) in [5.41, 5.74) is -0.0223. The predicted octanol–water partition coefficient (Wildman–Crippen LogP) is 1.84. The summed E-state index contributed by atoms with van der Waals surface area (Å²) < 4.78 is 5.54. The van der Waals surface area contributed by atoms with Crippen molar-refractivity contribution in [3.05, 3.63) is 27.9 Å². The molecule has 19 heavy (non-hydrogen) atoms. The molecule has 1 aliphatic heterocycles. The minimum absolute atomic E-state index is 0.00329. The number of nitriles is 1. The van der Waals surface area contributed by atoms with E-state index < -0.39 is 4.92 Å². The molecule has 2 rings (SSSR count). The third kappa shape index (κ3) is 2.98. The molecule has 0 aliphatic carbocycles. The lowest BCUT2D eigenvalue weighted by atomic mass is 10.1. The van der Waals surface area contributed by atoms with Gasteiger partial charge < -0.3 is 10.1 Å². The van der Waals surface area contributed by atoms with Gasteiger partial charge in [-0.2, -0.15) is 5.26 Å². The first-order valence-corrected chi connectivity index (χ1v) is 6.04. The van der Waals surface area contributed by atoms with Crippen molar-refractivity contribution in [3.8, 4) is 6.07 Å². The van der Waals surface area contributed by atoms with Crippen molar-refractivity contribution in [1.82, 2.24) is 4.98 Å². The van der Waals surface area contributed by atoms with Crippen LogP contribution in [0.2, 0.25) is 0 Å². The summed E-state index contributed by atoms with van der Waals surface area (Å²) in [5, 5.41) is 22.7. The van der Waals surface area contributed by atoms with Crippen LogP contribution in [0.5, 0.6) is 0 Å². The number of nitrogens with one attached hydrogen (secondary N) is 1. The number of ether oxygens (including phenoxy) is 1. The Morgan fingerprint density at radius 1 is 1.74 bits per heavy atom. The van der Waals surface area contributed by atoms with Crippen LogP contribution >= 0.6 is 0 Å². The summed E-state index contributed by atoms with van der Waals surface area (Å²) in [4.78, 5) is 14.0. The van der Waals surface area contributed by atoms with E-state index in [2.05, 4.69) is 10.3 Å². The van der Waals surface area contributed by atoms with Crippen LogP contribution in [0.3, 0.4) is 0 Å². The Labute approximate surface area is 110 Å². The Kier molecular flexibility index (Phi) is 3.92. The summed E-state index contributed by atoms with van der Waals surface area (Å²) in [6.07, 6.45) is 3.22. The fourth-order valence-corrected chi connectivity index (χ4v) is 2.06. The fraction of sp³-hybridized carbons (Fsp3) is 0.500. The summed E-state index contributed by atoms with van der Waals surface area (Å²) in [6.45, 7) is 2.69.